The molecular formula is C31H38N4O7S. The highest BCUT2D eigenvalue weighted by Gasteiger charge is 2.42. The van der Waals surface area contributed by atoms with Gasteiger partial charge < -0.3 is 19.5 Å². The van der Waals surface area contributed by atoms with Crippen molar-refractivity contribution in [3.63, 3.8) is 0 Å². The molecule has 4 rings (SSSR count). The first kappa shape index (κ1) is 32.0. The van der Waals surface area contributed by atoms with Gasteiger partial charge in [0, 0.05) is 67.9 Å². The molecule has 0 radical (unpaired) electrons. The topological polar surface area (TPSA) is 135 Å². The normalized spacial score (nSPS) is 19.1. The van der Waals surface area contributed by atoms with Gasteiger partial charge in [-0.1, -0.05) is 24.3 Å². The Morgan fingerprint density at radius 3 is 2.53 bits per heavy atom. The summed E-state index contributed by atoms with van der Waals surface area (Å²) in [5, 5.41) is 21.4. The van der Waals surface area contributed by atoms with Crippen molar-refractivity contribution in [2.45, 2.75) is 26.2 Å². The number of piperazine rings is 1. The van der Waals surface area contributed by atoms with Crippen molar-refractivity contribution in [2.24, 2.45) is 10.9 Å². The first-order valence-corrected chi connectivity index (χ1v) is 15.4. The fourth-order valence-electron chi connectivity index (χ4n) is 5.62. The summed E-state index contributed by atoms with van der Waals surface area (Å²) < 4.78 is 11.1. The molecule has 2 aromatic rings. The van der Waals surface area contributed by atoms with Gasteiger partial charge >= 0.3 is 11.9 Å². The number of para-hydroxylation sites is 2. The zero-order chi connectivity index (χ0) is 30.9. The van der Waals surface area contributed by atoms with E-state index in [1.54, 1.807) is 38.8 Å². The van der Waals surface area contributed by atoms with E-state index in [-0.39, 0.29) is 17.9 Å². The maximum Gasteiger partial charge on any atom is 0.336 e. The van der Waals surface area contributed by atoms with Crippen LogP contribution in [0.4, 0.5) is 11.4 Å². The van der Waals surface area contributed by atoms with Gasteiger partial charge in [-0.3, -0.25) is 24.8 Å². The second-order valence-corrected chi connectivity index (χ2v) is 11.7. The molecule has 1 N–H and O–H groups in total. The predicted octanol–water partition coefficient (Wildman–Crippen LogP) is 4.63. The highest BCUT2D eigenvalue weighted by Crippen LogP contribution is 2.40. The molecule has 12 heteroatoms. The van der Waals surface area contributed by atoms with E-state index in [1.807, 2.05) is 18.2 Å². The van der Waals surface area contributed by atoms with Gasteiger partial charge in [0.05, 0.1) is 29.9 Å². The largest absolute Gasteiger partial charge is 0.495 e. The molecule has 11 nitrogen and oxygen atoms in total. The number of carboxylic acid groups (broad SMARTS) is 1. The zero-order valence-corrected chi connectivity index (χ0v) is 25.5. The highest BCUT2D eigenvalue weighted by atomic mass is 32.2. The Hall–Kier alpha value is -3.90. The number of thioether (sulfide) groups is 1. The lowest BCUT2D eigenvalue weighted by Crippen LogP contribution is -2.47. The molecule has 2 heterocycles. The number of carbonyl (C=O) groups excluding carboxylic acids is 1. The number of hydrogen-bond acceptors (Lipinski definition) is 10. The van der Waals surface area contributed by atoms with Crippen molar-refractivity contribution in [3.8, 4) is 5.75 Å². The number of rotatable bonds is 13. The molecule has 0 saturated carbocycles. The van der Waals surface area contributed by atoms with E-state index in [0.29, 0.717) is 23.4 Å². The number of carboxylic acids is 1. The molecule has 2 aliphatic heterocycles. The van der Waals surface area contributed by atoms with E-state index >= 15 is 0 Å². The molecule has 2 atom stereocenters. The lowest BCUT2D eigenvalue weighted by molar-refractivity contribution is -0.384. The molecular weight excluding hydrogens is 572 g/mol. The smallest absolute Gasteiger partial charge is 0.336 e. The molecule has 2 unspecified atom stereocenters. The summed E-state index contributed by atoms with van der Waals surface area (Å²) in [6.45, 7) is 8.24. The molecule has 1 fully saturated rings. The van der Waals surface area contributed by atoms with Gasteiger partial charge in [-0.25, -0.2) is 4.79 Å². The first-order chi connectivity index (χ1) is 20.7. The number of aliphatic carboxylic acids is 1. The van der Waals surface area contributed by atoms with Crippen LogP contribution in [0.5, 0.6) is 5.75 Å². The number of nitro groups is 1. The fourth-order valence-corrected chi connectivity index (χ4v) is 6.53. The number of hydrogen-bond donors (Lipinski definition) is 1. The van der Waals surface area contributed by atoms with Crippen molar-refractivity contribution < 1.29 is 29.1 Å². The van der Waals surface area contributed by atoms with E-state index < -0.39 is 28.7 Å². The minimum Gasteiger partial charge on any atom is -0.495 e. The average molecular weight is 611 g/mol. The SMILES string of the molecule is COc1ccccc1N1CCN(CCSCCCOC(=O)C2=C(C)N=C(C)C(C(=O)O)C2c2cccc([N+](=O)[O-])c2)CC1. The van der Waals surface area contributed by atoms with Gasteiger partial charge in [-0.15, -0.1) is 0 Å². The Labute approximate surface area is 255 Å². The summed E-state index contributed by atoms with van der Waals surface area (Å²) >= 11 is 1.80. The standard InChI is InChI=1S/C31H38N4O7S/c1-21-27(30(36)37)29(23-8-6-9-24(20-23)35(39)40)28(22(2)32-21)31(38)42-17-7-18-43-19-16-33-12-14-34(15-13-33)25-10-4-5-11-26(25)41-3/h4-6,8-11,20,27,29H,7,12-19H2,1-3H3,(H,36,37). The summed E-state index contributed by atoms with van der Waals surface area (Å²) in [5.74, 6) is -1.21. The summed E-state index contributed by atoms with van der Waals surface area (Å²) in [7, 11) is 1.70. The Kier molecular flexibility index (Phi) is 11.2. The lowest BCUT2D eigenvalue weighted by atomic mass is 9.75. The van der Waals surface area contributed by atoms with Gasteiger partial charge in [-0.2, -0.15) is 11.8 Å². The third-order valence-corrected chi connectivity index (χ3v) is 8.82. The number of non-ortho nitro benzene ring substituents is 1. The number of aliphatic imine (C=N–C) groups is 1. The van der Waals surface area contributed by atoms with Gasteiger partial charge in [0.2, 0.25) is 0 Å². The summed E-state index contributed by atoms with van der Waals surface area (Å²) in [6.07, 6.45) is 0.649. The number of methoxy groups -OCH3 is 1. The van der Waals surface area contributed by atoms with E-state index in [0.717, 1.165) is 55.7 Å². The Bertz CT molecular complexity index is 1390. The number of ether oxygens (including phenoxy) is 2. The monoisotopic (exact) mass is 610 g/mol. The van der Waals surface area contributed by atoms with E-state index in [4.69, 9.17) is 9.47 Å². The van der Waals surface area contributed by atoms with Crippen LogP contribution in [0.15, 0.2) is 64.8 Å². The van der Waals surface area contributed by atoms with Gasteiger partial charge in [-0.05, 0) is 43.7 Å². The molecule has 0 aliphatic carbocycles. The fraction of sp³-hybridized carbons (Fsp3) is 0.452. The van der Waals surface area contributed by atoms with Crippen LogP contribution in [-0.4, -0.2) is 90.5 Å². The van der Waals surface area contributed by atoms with Gasteiger partial charge in [0.15, 0.2) is 0 Å². The van der Waals surface area contributed by atoms with Gasteiger partial charge in [0.1, 0.15) is 11.7 Å². The van der Waals surface area contributed by atoms with Crippen LogP contribution in [0.2, 0.25) is 0 Å². The lowest BCUT2D eigenvalue weighted by Gasteiger charge is -2.36. The third-order valence-electron chi connectivity index (χ3n) is 7.77. The van der Waals surface area contributed by atoms with Crippen LogP contribution in [0, 0.1) is 16.0 Å². The molecule has 0 aromatic heterocycles. The molecule has 43 heavy (non-hydrogen) atoms. The second kappa shape index (κ2) is 15.0. The maximum absolute atomic E-state index is 13.2. The number of anilines is 1. The van der Waals surface area contributed by atoms with Crippen LogP contribution in [0.3, 0.4) is 0 Å². The molecule has 0 spiro atoms. The van der Waals surface area contributed by atoms with Crippen molar-refractivity contribution in [2.75, 3.05) is 62.8 Å². The van der Waals surface area contributed by atoms with Crippen LogP contribution in [0.25, 0.3) is 0 Å². The Morgan fingerprint density at radius 1 is 1.09 bits per heavy atom. The molecule has 2 aliphatic rings. The third kappa shape index (κ3) is 7.94. The minimum absolute atomic E-state index is 0.124. The van der Waals surface area contributed by atoms with Crippen molar-refractivity contribution in [1.29, 1.82) is 0 Å². The number of allylic oxidation sites excluding steroid dienone is 1. The summed E-state index contributed by atoms with van der Waals surface area (Å²) in [6, 6.07) is 13.8. The molecule has 230 valence electrons. The van der Waals surface area contributed by atoms with Crippen molar-refractivity contribution in [1.82, 2.24) is 4.90 Å². The summed E-state index contributed by atoms with van der Waals surface area (Å²) in [5.41, 5.74) is 2.12. The van der Waals surface area contributed by atoms with Crippen LogP contribution in [0.1, 0.15) is 31.7 Å². The average Bonchev–Trinajstić information content (AvgIpc) is 3.00. The predicted molar refractivity (Wildman–Crippen MR) is 167 cm³/mol. The van der Waals surface area contributed by atoms with Crippen molar-refractivity contribution in [3.05, 3.63) is 75.5 Å². The highest BCUT2D eigenvalue weighted by molar-refractivity contribution is 7.99. The second-order valence-electron chi connectivity index (χ2n) is 10.5. The molecule has 2 aromatic carbocycles. The molecule has 0 bridgehead atoms. The van der Waals surface area contributed by atoms with Crippen LogP contribution >= 0.6 is 11.8 Å². The maximum atomic E-state index is 13.2. The first-order valence-electron chi connectivity index (χ1n) is 14.3. The Balaban J connectivity index is 1.25. The minimum atomic E-state index is -1.16. The number of esters is 1. The molecule has 0 amide bonds. The van der Waals surface area contributed by atoms with Crippen LogP contribution < -0.4 is 9.64 Å². The number of benzene rings is 2. The van der Waals surface area contributed by atoms with E-state index in [2.05, 4.69) is 20.9 Å². The number of nitrogens with zero attached hydrogens (tertiary/aromatic N) is 4. The molecule has 1 saturated heterocycles. The van der Waals surface area contributed by atoms with Crippen LogP contribution in [-0.2, 0) is 14.3 Å². The van der Waals surface area contributed by atoms with E-state index in [9.17, 15) is 24.8 Å². The summed E-state index contributed by atoms with van der Waals surface area (Å²) in [4.78, 5) is 45.4. The quantitative estimate of drug-likeness (QED) is 0.148. The van der Waals surface area contributed by atoms with Gasteiger partial charge in [0.25, 0.3) is 5.69 Å². The Morgan fingerprint density at radius 2 is 1.84 bits per heavy atom. The van der Waals surface area contributed by atoms with E-state index in [1.165, 1.54) is 18.2 Å². The number of nitro benzene ring substituents is 1. The zero-order valence-electron chi connectivity index (χ0n) is 24.7. The number of carbonyl (C=O) groups is 2. The van der Waals surface area contributed by atoms with Crippen molar-refractivity contribution >= 4 is 40.8 Å².